The summed E-state index contributed by atoms with van der Waals surface area (Å²) < 4.78 is 0. The van der Waals surface area contributed by atoms with E-state index in [9.17, 15) is 0 Å². The lowest BCUT2D eigenvalue weighted by Crippen LogP contribution is -2.07. The summed E-state index contributed by atoms with van der Waals surface area (Å²) >= 11 is 0. The molecule has 0 rings (SSSR count). The predicted molar refractivity (Wildman–Crippen MR) is 32.7 cm³/mol. The Balaban J connectivity index is 3.08. The van der Waals surface area contributed by atoms with Gasteiger partial charge in [0, 0.05) is 20.6 Å². The van der Waals surface area contributed by atoms with Gasteiger partial charge in [0.25, 0.3) is 0 Å². The van der Waals surface area contributed by atoms with Gasteiger partial charge in [-0.05, 0) is 6.92 Å². The van der Waals surface area contributed by atoms with Crippen LogP contribution in [-0.4, -0.2) is 31.9 Å². The summed E-state index contributed by atoms with van der Waals surface area (Å²) in [5.41, 5.74) is 0. The molecule has 2 heteroatoms. The molecule has 0 aliphatic heterocycles. The molecule has 0 aromatic rings. The molecule has 0 fully saturated rings. The highest BCUT2D eigenvalue weighted by atomic mass is 15.1. The van der Waals surface area contributed by atoms with E-state index in [1.54, 1.807) is 6.34 Å². The fourth-order valence-corrected chi connectivity index (χ4v) is 0.245. The number of hydrogen-bond donors (Lipinski definition) is 0. The van der Waals surface area contributed by atoms with Gasteiger partial charge in [0.15, 0.2) is 0 Å². The summed E-state index contributed by atoms with van der Waals surface area (Å²) in [6, 6.07) is 0. The van der Waals surface area contributed by atoms with E-state index in [0.29, 0.717) is 0 Å². The second-order valence-electron chi connectivity index (χ2n) is 1.58. The van der Waals surface area contributed by atoms with Gasteiger partial charge in [0.05, 0.1) is 6.34 Å². The smallest absolute Gasteiger partial charge is 0.0844 e. The molecule has 0 aliphatic carbocycles. The SMILES string of the molecule is CC/N=C/N(C)C. The highest BCUT2D eigenvalue weighted by molar-refractivity contribution is 5.53. The van der Waals surface area contributed by atoms with Crippen LogP contribution >= 0.6 is 0 Å². The standard InChI is InChI=1S/C5H12N2/c1-4-6-5-7(2)3/h5H,4H2,1-3H3/b6-5+. The first-order valence-corrected chi connectivity index (χ1v) is 2.43. The van der Waals surface area contributed by atoms with Gasteiger partial charge in [0.1, 0.15) is 0 Å². The second kappa shape index (κ2) is 3.65. The summed E-state index contributed by atoms with van der Waals surface area (Å²) in [5, 5.41) is 0. The summed E-state index contributed by atoms with van der Waals surface area (Å²) in [7, 11) is 3.92. The molecule has 0 unspecified atom stereocenters. The van der Waals surface area contributed by atoms with E-state index in [4.69, 9.17) is 0 Å². The lowest BCUT2D eigenvalue weighted by Gasteiger charge is -1.99. The van der Waals surface area contributed by atoms with Crippen LogP contribution in [-0.2, 0) is 0 Å². The Morgan fingerprint density at radius 3 is 2.29 bits per heavy atom. The summed E-state index contributed by atoms with van der Waals surface area (Å²) in [6.45, 7) is 2.89. The third-order valence-electron chi connectivity index (χ3n) is 0.495. The van der Waals surface area contributed by atoms with Crippen molar-refractivity contribution in [2.45, 2.75) is 6.92 Å². The van der Waals surface area contributed by atoms with E-state index in [2.05, 4.69) is 4.99 Å². The van der Waals surface area contributed by atoms with Crippen LogP contribution in [0.4, 0.5) is 0 Å². The van der Waals surface area contributed by atoms with Crippen LogP contribution < -0.4 is 0 Å². The quantitative estimate of drug-likeness (QED) is 0.366. The monoisotopic (exact) mass is 100 g/mol. The van der Waals surface area contributed by atoms with Crippen molar-refractivity contribution >= 4 is 6.34 Å². The van der Waals surface area contributed by atoms with Gasteiger partial charge in [-0.1, -0.05) is 0 Å². The van der Waals surface area contributed by atoms with Gasteiger partial charge in [-0.25, -0.2) is 0 Å². The molecule has 0 bridgehead atoms. The maximum absolute atomic E-state index is 3.97. The Hall–Kier alpha value is -0.530. The van der Waals surface area contributed by atoms with E-state index in [0.717, 1.165) is 6.54 Å². The van der Waals surface area contributed by atoms with E-state index in [1.807, 2.05) is 25.9 Å². The van der Waals surface area contributed by atoms with Crippen molar-refractivity contribution in [3.8, 4) is 0 Å². The third kappa shape index (κ3) is 5.47. The second-order valence-corrected chi connectivity index (χ2v) is 1.58. The van der Waals surface area contributed by atoms with Gasteiger partial charge >= 0.3 is 0 Å². The fourth-order valence-electron chi connectivity index (χ4n) is 0.245. The fraction of sp³-hybridized carbons (Fsp3) is 0.800. The van der Waals surface area contributed by atoms with Crippen LogP contribution in [0.1, 0.15) is 6.92 Å². The normalized spacial score (nSPS) is 10.1. The van der Waals surface area contributed by atoms with Crippen molar-refractivity contribution < 1.29 is 0 Å². The molecule has 0 radical (unpaired) electrons. The molecule has 0 heterocycles. The zero-order valence-electron chi connectivity index (χ0n) is 5.18. The Morgan fingerprint density at radius 2 is 2.14 bits per heavy atom. The molecule has 7 heavy (non-hydrogen) atoms. The molecule has 0 aliphatic rings. The number of rotatable bonds is 2. The molecule has 0 saturated carbocycles. The topological polar surface area (TPSA) is 15.6 Å². The molecule has 0 amide bonds. The van der Waals surface area contributed by atoms with Crippen molar-refractivity contribution in [3.05, 3.63) is 0 Å². The van der Waals surface area contributed by atoms with Crippen molar-refractivity contribution in [2.24, 2.45) is 4.99 Å². The molecular weight excluding hydrogens is 88.1 g/mol. The minimum atomic E-state index is 0.873. The van der Waals surface area contributed by atoms with Crippen LogP contribution in [0.25, 0.3) is 0 Å². The molecule has 0 aromatic heterocycles. The maximum Gasteiger partial charge on any atom is 0.0844 e. The molecule has 0 saturated heterocycles. The third-order valence-corrected chi connectivity index (χ3v) is 0.495. The van der Waals surface area contributed by atoms with Gasteiger partial charge in [0.2, 0.25) is 0 Å². The molecule has 0 spiro atoms. The average molecular weight is 100 g/mol. The van der Waals surface area contributed by atoms with Crippen LogP contribution in [0, 0.1) is 0 Å². The van der Waals surface area contributed by atoms with Gasteiger partial charge < -0.3 is 4.90 Å². The van der Waals surface area contributed by atoms with Crippen molar-refractivity contribution in [1.82, 2.24) is 4.90 Å². The molecule has 2 nitrogen and oxygen atoms in total. The first-order valence-electron chi connectivity index (χ1n) is 2.43. The Morgan fingerprint density at radius 1 is 1.57 bits per heavy atom. The van der Waals surface area contributed by atoms with E-state index in [-0.39, 0.29) is 0 Å². The van der Waals surface area contributed by atoms with Crippen LogP contribution in [0.15, 0.2) is 4.99 Å². The highest BCUT2D eigenvalue weighted by Crippen LogP contribution is 1.65. The Kier molecular flexibility index (Phi) is 3.38. The summed E-state index contributed by atoms with van der Waals surface area (Å²) in [5.74, 6) is 0. The largest absolute Gasteiger partial charge is 0.369 e. The van der Waals surface area contributed by atoms with Gasteiger partial charge in [-0.15, -0.1) is 0 Å². The lowest BCUT2D eigenvalue weighted by molar-refractivity contribution is 0.640. The average Bonchev–Trinajstić information content (AvgIpc) is 1.61. The minimum absolute atomic E-state index is 0.873. The minimum Gasteiger partial charge on any atom is -0.369 e. The molecule has 42 valence electrons. The molecule has 0 aromatic carbocycles. The molecular formula is C5H12N2. The lowest BCUT2D eigenvalue weighted by atomic mass is 10.8. The van der Waals surface area contributed by atoms with Crippen LogP contribution in [0.3, 0.4) is 0 Å². The van der Waals surface area contributed by atoms with Crippen molar-refractivity contribution in [3.63, 3.8) is 0 Å². The van der Waals surface area contributed by atoms with E-state index < -0.39 is 0 Å². The van der Waals surface area contributed by atoms with Gasteiger partial charge in [-0.2, -0.15) is 0 Å². The van der Waals surface area contributed by atoms with Crippen molar-refractivity contribution in [1.29, 1.82) is 0 Å². The van der Waals surface area contributed by atoms with E-state index in [1.165, 1.54) is 0 Å². The van der Waals surface area contributed by atoms with Crippen LogP contribution in [0.2, 0.25) is 0 Å². The zero-order valence-corrected chi connectivity index (χ0v) is 5.18. The predicted octanol–water partition coefficient (Wildman–Crippen LogP) is 0.596. The Bertz CT molecular complexity index is 57.1. The first kappa shape index (κ1) is 6.47. The molecule has 0 N–H and O–H groups in total. The maximum atomic E-state index is 3.97. The number of nitrogens with zero attached hydrogens (tertiary/aromatic N) is 2. The van der Waals surface area contributed by atoms with Crippen LogP contribution in [0.5, 0.6) is 0 Å². The van der Waals surface area contributed by atoms with Crippen molar-refractivity contribution in [2.75, 3.05) is 20.6 Å². The van der Waals surface area contributed by atoms with E-state index >= 15 is 0 Å². The number of hydrogen-bond acceptors (Lipinski definition) is 1. The number of aliphatic imine (C=N–C) groups is 1. The summed E-state index contributed by atoms with van der Waals surface area (Å²) in [4.78, 5) is 5.89. The summed E-state index contributed by atoms with van der Waals surface area (Å²) in [6.07, 6.45) is 1.81. The van der Waals surface area contributed by atoms with Gasteiger partial charge in [-0.3, -0.25) is 4.99 Å². The highest BCUT2D eigenvalue weighted by Gasteiger charge is 1.70. The zero-order chi connectivity index (χ0) is 5.70. The first-order chi connectivity index (χ1) is 3.27. The Labute approximate surface area is 44.9 Å². The molecule has 0 atom stereocenters.